The van der Waals surface area contributed by atoms with E-state index in [-0.39, 0.29) is 6.04 Å². The van der Waals surface area contributed by atoms with Crippen LogP contribution in [0.1, 0.15) is 17.2 Å². The van der Waals surface area contributed by atoms with E-state index in [1.165, 1.54) is 23.5 Å². The van der Waals surface area contributed by atoms with Crippen LogP contribution in [0.2, 0.25) is 0 Å². The molecule has 0 saturated heterocycles. The molecule has 1 heterocycles. The molecule has 0 amide bonds. The van der Waals surface area contributed by atoms with Crippen LogP contribution in [0.15, 0.2) is 33.4 Å². The van der Waals surface area contributed by atoms with Gasteiger partial charge in [-0.25, -0.2) is 8.78 Å². The molecule has 5 heteroatoms. The topological polar surface area (TPSA) is 26.0 Å². The lowest BCUT2D eigenvalue weighted by Crippen LogP contribution is -2.12. The van der Waals surface area contributed by atoms with E-state index >= 15 is 0 Å². The van der Waals surface area contributed by atoms with Gasteiger partial charge >= 0.3 is 0 Å². The van der Waals surface area contributed by atoms with Gasteiger partial charge in [-0.3, -0.25) is 0 Å². The van der Waals surface area contributed by atoms with Gasteiger partial charge in [0.1, 0.15) is 11.6 Å². The van der Waals surface area contributed by atoms with Crippen molar-refractivity contribution in [2.45, 2.75) is 12.5 Å². The molecule has 1 aromatic carbocycles. The molecule has 17 heavy (non-hydrogen) atoms. The summed E-state index contributed by atoms with van der Waals surface area (Å²) in [5.74, 6) is -1.14. The zero-order valence-corrected chi connectivity index (χ0v) is 11.2. The van der Waals surface area contributed by atoms with Crippen LogP contribution in [-0.2, 0) is 6.42 Å². The molecule has 90 valence electrons. The van der Waals surface area contributed by atoms with Crippen molar-refractivity contribution in [3.05, 3.63) is 56.2 Å². The number of rotatable bonds is 3. The Morgan fingerprint density at radius 1 is 1.18 bits per heavy atom. The Balaban J connectivity index is 2.15. The molecule has 2 aromatic rings. The second kappa shape index (κ2) is 5.25. The van der Waals surface area contributed by atoms with Crippen LogP contribution in [0, 0.1) is 11.6 Å². The van der Waals surface area contributed by atoms with Crippen molar-refractivity contribution in [1.29, 1.82) is 0 Å². The number of halogens is 3. The van der Waals surface area contributed by atoms with Gasteiger partial charge in [0.25, 0.3) is 0 Å². The average molecular weight is 318 g/mol. The summed E-state index contributed by atoms with van der Waals surface area (Å²) in [5, 5.41) is 1.93. The van der Waals surface area contributed by atoms with Crippen LogP contribution < -0.4 is 5.73 Å². The lowest BCUT2D eigenvalue weighted by atomic mass is 10.0. The highest BCUT2D eigenvalue weighted by molar-refractivity contribution is 9.11. The number of nitrogens with two attached hydrogens (primary N) is 1. The average Bonchev–Trinajstić information content (AvgIpc) is 2.63. The maximum absolute atomic E-state index is 13.0. The largest absolute Gasteiger partial charge is 0.324 e. The van der Waals surface area contributed by atoms with Gasteiger partial charge in [-0.05, 0) is 57.1 Å². The number of hydrogen-bond acceptors (Lipinski definition) is 2. The highest BCUT2D eigenvalue weighted by Gasteiger charge is 2.10. The van der Waals surface area contributed by atoms with Crippen LogP contribution in [0.4, 0.5) is 8.78 Å². The third kappa shape index (κ3) is 3.34. The summed E-state index contributed by atoms with van der Waals surface area (Å²) in [6.45, 7) is 0. The molecule has 0 spiro atoms. The van der Waals surface area contributed by atoms with E-state index in [0.717, 1.165) is 15.4 Å². The normalized spacial score (nSPS) is 12.7. The lowest BCUT2D eigenvalue weighted by molar-refractivity contribution is 0.576. The van der Waals surface area contributed by atoms with Crippen LogP contribution in [-0.4, -0.2) is 0 Å². The summed E-state index contributed by atoms with van der Waals surface area (Å²) in [7, 11) is 0. The molecular formula is C12H10BrF2NS. The fraction of sp³-hybridized carbons (Fsp3) is 0.167. The molecule has 0 saturated carbocycles. The molecule has 2 rings (SSSR count). The molecule has 0 aliphatic rings. The molecule has 0 bridgehead atoms. The fourth-order valence-electron chi connectivity index (χ4n) is 1.62. The van der Waals surface area contributed by atoms with Crippen molar-refractivity contribution in [2.24, 2.45) is 5.73 Å². The SMILES string of the molecule is NC(Cc1cc(F)cc(F)c1)c1csc(Br)c1. The minimum absolute atomic E-state index is 0.251. The highest BCUT2D eigenvalue weighted by Crippen LogP contribution is 2.26. The van der Waals surface area contributed by atoms with E-state index in [4.69, 9.17) is 5.73 Å². The fourth-order valence-corrected chi connectivity index (χ4v) is 2.86. The Kier molecular flexibility index (Phi) is 3.91. The first-order valence-electron chi connectivity index (χ1n) is 4.99. The second-order valence-corrected chi connectivity index (χ2v) is 6.06. The van der Waals surface area contributed by atoms with Gasteiger partial charge in [-0.1, -0.05) is 0 Å². The molecule has 0 fully saturated rings. The number of benzene rings is 1. The smallest absolute Gasteiger partial charge is 0.126 e. The summed E-state index contributed by atoms with van der Waals surface area (Å²) in [6, 6.07) is 5.15. The molecule has 0 aliphatic heterocycles. The minimum atomic E-state index is -0.571. The Labute approximate surface area is 110 Å². The Bertz CT molecular complexity index is 507. The van der Waals surface area contributed by atoms with Crippen LogP contribution in [0.5, 0.6) is 0 Å². The van der Waals surface area contributed by atoms with Crippen molar-refractivity contribution in [1.82, 2.24) is 0 Å². The monoisotopic (exact) mass is 317 g/mol. The van der Waals surface area contributed by atoms with Gasteiger partial charge in [0, 0.05) is 12.1 Å². The van der Waals surface area contributed by atoms with Gasteiger partial charge in [-0.15, -0.1) is 11.3 Å². The van der Waals surface area contributed by atoms with Crippen LogP contribution in [0.3, 0.4) is 0 Å². The van der Waals surface area contributed by atoms with Crippen molar-refractivity contribution >= 4 is 27.3 Å². The summed E-state index contributed by atoms with van der Waals surface area (Å²) >= 11 is 4.89. The number of hydrogen-bond donors (Lipinski definition) is 1. The van der Waals surface area contributed by atoms with Crippen molar-refractivity contribution in [3.8, 4) is 0 Å². The van der Waals surface area contributed by atoms with Crippen molar-refractivity contribution in [2.75, 3.05) is 0 Å². The Morgan fingerprint density at radius 2 is 1.82 bits per heavy atom. The number of thiophene rings is 1. The van der Waals surface area contributed by atoms with Gasteiger partial charge in [0.15, 0.2) is 0 Å². The van der Waals surface area contributed by atoms with E-state index in [9.17, 15) is 8.78 Å². The van der Waals surface area contributed by atoms with E-state index in [1.54, 1.807) is 0 Å². The standard InChI is InChI=1S/C12H10BrF2NS/c13-12-4-8(6-17-12)11(16)3-7-1-9(14)5-10(15)2-7/h1-2,4-6,11H,3,16H2. The van der Waals surface area contributed by atoms with E-state index in [2.05, 4.69) is 15.9 Å². The molecule has 2 N–H and O–H groups in total. The van der Waals surface area contributed by atoms with Gasteiger partial charge < -0.3 is 5.73 Å². The first kappa shape index (κ1) is 12.7. The van der Waals surface area contributed by atoms with Crippen LogP contribution >= 0.6 is 27.3 Å². The van der Waals surface area contributed by atoms with E-state index in [0.29, 0.717) is 12.0 Å². The van der Waals surface area contributed by atoms with Gasteiger partial charge in [0.2, 0.25) is 0 Å². The Morgan fingerprint density at radius 3 is 2.35 bits per heavy atom. The Hall–Kier alpha value is -0.780. The minimum Gasteiger partial charge on any atom is -0.324 e. The van der Waals surface area contributed by atoms with Gasteiger partial charge in [0.05, 0.1) is 3.79 Å². The predicted octanol–water partition coefficient (Wildman–Crippen LogP) is 4.03. The summed E-state index contributed by atoms with van der Waals surface area (Å²) in [4.78, 5) is 0. The zero-order valence-electron chi connectivity index (χ0n) is 8.79. The summed E-state index contributed by atoms with van der Waals surface area (Å²) < 4.78 is 27.0. The van der Waals surface area contributed by atoms with Gasteiger partial charge in [-0.2, -0.15) is 0 Å². The van der Waals surface area contributed by atoms with E-state index in [1.807, 2.05) is 11.4 Å². The third-order valence-electron chi connectivity index (χ3n) is 2.39. The van der Waals surface area contributed by atoms with Crippen molar-refractivity contribution in [3.63, 3.8) is 0 Å². The highest BCUT2D eigenvalue weighted by atomic mass is 79.9. The molecule has 0 radical (unpaired) electrons. The molecule has 1 aromatic heterocycles. The predicted molar refractivity (Wildman–Crippen MR) is 69.0 cm³/mol. The second-order valence-electron chi connectivity index (χ2n) is 3.77. The zero-order chi connectivity index (χ0) is 12.4. The molecule has 1 unspecified atom stereocenters. The van der Waals surface area contributed by atoms with Crippen LogP contribution in [0.25, 0.3) is 0 Å². The molecule has 0 aliphatic carbocycles. The maximum Gasteiger partial charge on any atom is 0.126 e. The molecule has 1 atom stereocenters. The molecule has 1 nitrogen and oxygen atoms in total. The third-order valence-corrected chi connectivity index (χ3v) is 3.92. The summed E-state index contributed by atoms with van der Waals surface area (Å²) in [6.07, 6.45) is 0.415. The lowest BCUT2D eigenvalue weighted by Gasteiger charge is -2.10. The summed E-state index contributed by atoms with van der Waals surface area (Å²) in [5.41, 5.74) is 7.51. The molecular weight excluding hydrogens is 308 g/mol. The maximum atomic E-state index is 13.0. The first-order valence-corrected chi connectivity index (χ1v) is 6.66. The quantitative estimate of drug-likeness (QED) is 0.908. The first-order chi connectivity index (χ1) is 8.04. The van der Waals surface area contributed by atoms with E-state index < -0.39 is 11.6 Å². The van der Waals surface area contributed by atoms with Crippen molar-refractivity contribution < 1.29 is 8.78 Å².